The molecular formula is C30H31F3N6O. The fourth-order valence-corrected chi connectivity index (χ4v) is 4.95. The molecule has 5 rings (SSSR count). The molecule has 0 unspecified atom stereocenters. The monoisotopic (exact) mass is 548 g/mol. The Hall–Kier alpha value is -4.07. The number of nitrogens with zero attached hydrogens (tertiary/aromatic N) is 4. The van der Waals surface area contributed by atoms with E-state index in [-0.39, 0.29) is 17.8 Å². The quantitative estimate of drug-likeness (QED) is 0.458. The van der Waals surface area contributed by atoms with Gasteiger partial charge in [0.1, 0.15) is 5.69 Å². The molecule has 10 heteroatoms. The van der Waals surface area contributed by atoms with E-state index >= 15 is 0 Å². The summed E-state index contributed by atoms with van der Waals surface area (Å²) in [7, 11) is 3.97. The Morgan fingerprint density at radius 2 is 2.02 bits per heavy atom. The summed E-state index contributed by atoms with van der Waals surface area (Å²) < 4.78 is 43.8. The minimum absolute atomic E-state index is 0.0897. The smallest absolute Gasteiger partial charge is 0.322 e. The van der Waals surface area contributed by atoms with Crippen molar-refractivity contribution in [1.82, 2.24) is 19.5 Å². The number of hydrogen-bond donors (Lipinski definition) is 2. The molecule has 1 amide bonds. The number of carbonyl (C=O) groups excluding carboxylic acids is 1. The fraction of sp³-hybridized carbons (Fsp3) is 0.333. The highest BCUT2D eigenvalue weighted by molar-refractivity contribution is 6.04. The van der Waals surface area contributed by atoms with Gasteiger partial charge >= 0.3 is 6.18 Å². The molecule has 0 radical (unpaired) electrons. The van der Waals surface area contributed by atoms with Crippen LogP contribution in [0.1, 0.15) is 50.6 Å². The third-order valence-corrected chi connectivity index (χ3v) is 7.29. The maximum absolute atomic E-state index is 14.0. The molecule has 7 nitrogen and oxygen atoms in total. The number of rotatable bonds is 5. The average Bonchev–Trinajstić information content (AvgIpc) is 3.56. The molecule has 2 aliphatic rings. The van der Waals surface area contributed by atoms with Gasteiger partial charge in [-0.1, -0.05) is 24.1 Å². The SMILES string of the molecule is Cc1ccc(C(=O)Nc2ccc(CN3CC[C@@H](N(C)C)C3)c(C(F)(F)F)c2)cc1C#Cc1cnc2n1NCC=C2. The molecule has 2 N–H and O–H groups in total. The summed E-state index contributed by atoms with van der Waals surface area (Å²) in [6.07, 6.45) is 1.92. The van der Waals surface area contributed by atoms with Gasteiger partial charge in [-0.2, -0.15) is 13.2 Å². The molecule has 3 heterocycles. The van der Waals surface area contributed by atoms with E-state index in [1.54, 1.807) is 29.1 Å². The van der Waals surface area contributed by atoms with E-state index in [4.69, 9.17) is 0 Å². The Balaban J connectivity index is 1.33. The van der Waals surface area contributed by atoms with Gasteiger partial charge in [-0.15, -0.1) is 0 Å². The molecule has 0 aliphatic carbocycles. The summed E-state index contributed by atoms with van der Waals surface area (Å²) in [4.78, 5) is 21.5. The number of aromatic nitrogens is 2. The third-order valence-electron chi connectivity index (χ3n) is 7.29. The Labute approximate surface area is 231 Å². The van der Waals surface area contributed by atoms with Crippen LogP contribution in [0.3, 0.4) is 0 Å². The van der Waals surface area contributed by atoms with Crippen LogP contribution < -0.4 is 10.7 Å². The van der Waals surface area contributed by atoms with Crippen molar-refractivity contribution in [2.24, 2.45) is 0 Å². The number of benzene rings is 2. The van der Waals surface area contributed by atoms with E-state index in [9.17, 15) is 18.0 Å². The highest BCUT2D eigenvalue weighted by Crippen LogP contribution is 2.35. The second kappa shape index (κ2) is 11.2. The highest BCUT2D eigenvalue weighted by atomic mass is 19.4. The molecule has 0 saturated carbocycles. The van der Waals surface area contributed by atoms with Crippen LogP contribution in [0.15, 0.2) is 48.7 Å². The third kappa shape index (κ3) is 6.06. The number of fused-ring (bicyclic) bond motifs is 1. The molecule has 1 aromatic heterocycles. The largest absolute Gasteiger partial charge is 0.416 e. The van der Waals surface area contributed by atoms with E-state index in [1.165, 1.54) is 12.1 Å². The predicted molar refractivity (Wildman–Crippen MR) is 149 cm³/mol. The topological polar surface area (TPSA) is 65.4 Å². The van der Waals surface area contributed by atoms with Gasteiger partial charge in [0.2, 0.25) is 0 Å². The van der Waals surface area contributed by atoms with E-state index < -0.39 is 17.6 Å². The van der Waals surface area contributed by atoms with Crippen molar-refractivity contribution in [3.05, 3.63) is 88.0 Å². The first-order valence-electron chi connectivity index (χ1n) is 13.1. The van der Waals surface area contributed by atoms with Gasteiger partial charge < -0.3 is 15.6 Å². The molecular weight excluding hydrogens is 517 g/mol. The molecule has 0 bridgehead atoms. The average molecular weight is 549 g/mol. The molecule has 1 saturated heterocycles. The van der Waals surface area contributed by atoms with E-state index in [0.717, 1.165) is 37.0 Å². The number of anilines is 1. The Bertz CT molecular complexity index is 1510. The van der Waals surface area contributed by atoms with Gasteiger partial charge in [0.05, 0.1) is 11.8 Å². The van der Waals surface area contributed by atoms with Crippen molar-refractivity contribution >= 4 is 17.7 Å². The molecule has 1 fully saturated rings. The van der Waals surface area contributed by atoms with Crippen molar-refractivity contribution in [1.29, 1.82) is 0 Å². The molecule has 1 atom stereocenters. The van der Waals surface area contributed by atoms with Crippen molar-refractivity contribution < 1.29 is 18.0 Å². The number of alkyl halides is 3. The van der Waals surface area contributed by atoms with Crippen molar-refractivity contribution in [2.75, 3.05) is 44.5 Å². The zero-order valence-electron chi connectivity index (χ0n) is 22.6. The lowest BCUT2D eigenvalue weighted by molar-refractivity contribution is -0.138. The van der Waals surface area contributed by atoms with E-state index in [2.05, 4.69) is 32.5 Å². The minimum Gasteiger partial charge on any atom is -0.322 e. The molecule has 0 spiro atoms. The van der Waals surface area contributed by atoms with Gasteiger partial charge in [0.25, 0.3) is 5.91 Å². The first-order chi connectivity index (χ1) is 19.1. The highest BCUT2D eigenvalue weighted by Gasteiger charge is 2.35. The van der Waals surface area contributed by atoms with Crippen LogP contribution in [-0.2, 0) is 12.7 Å². The van der Waals surface area contributed by atoms with Crippen molar-refractivity contribution in [3.8, 4) is 11.8 Å². The van der Waals surface area contributed by atoms with Crippen molar-refractivity contribution in [3.63, 3.8) is 0 Å². The Kier molecular flexibility index (Phi) is 7.70. The first kappa shape index (κ1) is 27.5. The zero-order valence-corrected chi connectivity index (χ0v) is 22.6. The minimum atomic E-state index is -4.54. The number of imidazole rings is 1. The standard InChI is InChI=1S/C30H31F3N6O/c1-20-6-7-22(15-21(20)9-11-25-17-34-28-5-4-13-35-39(25)28)29(40)36-24-10-8-23(27(16-24)30(31,32)33)18-38-14-12-26(19-38)37(2)3/h4-8,10,15-17,26,35H,12-14,18-19H2,1-3H3,(H,36,40)/t26-/m1/s1. The van der Waals surface area contributed by atoms with Crippen LogP contribution in [0.4, 0.5) is 18.9 Å². The molecule has 40 heavy (non-hydrogen) atoms. The lowest BCUT2D eigenvalue weighted by atomic mass is 10.0. The van der Waals surface area contributed by atoms with Gasteiger partial charge in [-0.3, -0.25) is 9.69 Å². The number of likely N-dealkylation sites (tertiary alicyclic amines) is 1. The second-order valence-corrected chi connectivity index (χ2v) is 10.3. The molecule has 2 aromatic carbocycles. The van der Waals surface area contributed by atoms with Gasteiger partial charge in [-0.25, -0.2) is 9.66 Å². The van der Waals surface area contributed by atoms with E-state index in [1.807, 2.05) is 38.1 Å². The van der Waals surface area contributed by atoms with Crippen LogP contribution in [0.5, 0.6) is 0 Å². The van der Waals surface area contributed by atoms with Gasteiger partial charge in [0, 0.05) is 49.0 Å². The fourth-order valence-electron chi connectivity index (χ4n) is 4.95. The lowest BCUT2D eigenvalue weighted by Gasteiger charge is -2.22. The van der Waals surface area contributed by atoms with Crippen molar-refractivity contribution in [2.45, 2.75) is 32.1 Å². The number of aryl methyl sites for hydroxylation is 1. The molecule has 2 aliphatic heterocycles. The maximum Gasteiger partial charge on any atom is 0.416 e. The van der Waals surface area contributed by atoms with Gasteiger partial charge in [0.15, 0.2) is 5.82 Å². The Morgan fingerprint density at radius 1 is 1.20 bits per heavy atom. The van der Waals surface area contributed by atoms with Crippen LogP contribution >= 0.6 is 0 Å². The summed E-state index contributed by atoms with van der Waals surface area (Å²) in [5.74, 6) is 6.42. The second-order valence-electron chi connectivity index (χ2n) is 10.3. The summed E-state index contributed by atoms with van der Waals surface area (Å²) in [5, 5.41) is 2.63. The van der Waals surface area contributed by atoms with Crippen LogP contribution in [0.2, 0.25) is 0 Å². The van der Waals surface area contributed by atoms with E-state index in [0.29, 0.717) is 29.4 Å². The van der Waals surface area contributed by atoms with Crippen LogP contribution in [0.25, 0.3) is 6.08 Å². The lowest BCUT2D eigenvalue weighted by Crippen LogP contribution is -2.31. The zero-order chi connectivity index (χ0) is 28.4. The summed E-state index contributed by atoms with van der Waals surface area (Å²) in [5.41, 5.74) is 5.23. The van der Waals surface area contributed by atoms with Gasteiger partial charge in [-0.05, 0) is 74.8 Å². The molecule has 3 aromatic rings. The van der Waals surface area contributed by atoms with Crippen LogP contribution in [-0.4, -0.2) is 65.1 Å². The summed E-state index contributed by atoms with van der Waals surface area (Å²) in [6, 6.07) is 9.39. The summed E-state index contributed by atoms with van der Waals surface area (Å²) >= 11 is 0. The number of carbonyl (C=O) groups is 1. The normalized spacial score (nSPS) is 16.8. The number of halogens is 3. The predicted octanol–water partition coefficient (Wildman–Crippen LogP) is 4.57. The maximum atomic E-state index is 14.0. The number of likely N-dealkylation sites (N-methyl/N-ethyl adjacent to an activating group) is 1. The number of amides is 1. The molecule has 208 valence electrons. The van der Waals surface area contributed by atoms with Crippen LogP contribution in [0, 0.1) is 18.8 Å². The Morgan fingerprint density at radius 3 is 2.77 bits per heavy atom. The first-order valence-corrected chi connectivity index (χ1v) is 13.1. The number of nitrogens with one attached hydrogen (secondary N) is 2. The summed E-state index contributed by atoms with van der Waals surface area (Å²) in [6.45, 7) is 4.22. The number of hydrogen-bond acceptors (Lipinski definition) is 5.